The van der Waals surface area contributed by atoms with Crippen LogP contribution >= 0.6 is 15.9 Å². The van der Waals surface area contributed by atoms with Crippen molar-refractivity contribution in [3.8, 4) is 23.0 Å². The van der Waals surface area contributed by atoms with Crippen LogP contribution in [0.3, 0.4) is 0 Å². The Morgan fingerprint density at radius 1 is 1.14 bits per heavy atom. The van der Waals surface area contributed by atoms with Gasteiger partial charge < -0.3 is 18.9 Å². The SMILES string of the molecule is COc1cc2nccc(Oc3c(F)cc([N+](=O)[O-])cc3F)c2cc1OC(CCBr)C(=O)OC(C)(C)C. The number of methoxy groups -OCH3 is 1. The fourth-order valence-electron chi connectivity index (χ4n) is 3.17. The number of hydrogen-bond acceptors (Lipinski definition) is 8. The Labute approximate surface area is 213 Å². The highest BCUT2D eigenvalue weighted by molar-refractivity contribution is 9.09. The van der Waals surface area contributed by atoms with E-state index in [4.69, 9.17) is 18.9 Å². The molecule has 0 aliphatic heterocycles. The number of halogens is 3. The predicted octanol–water partition coefficient (Wildman–Crippen LogP) is 6.10. The molecule has 0 aliphatic carbocycles. The first-order chi connectivity index (χ1) is 16.9. The summed E-state index contributed by atoms with van der Waals surface area (Å²) in [5.74, 6) is -3.52. The van der Waals surface area contributed by atoms with Crippen molar-refractivity contribution in [2.24, 2.45) is 0 Å². The molecule has 0 amide bonds. The number of nitro groups is 1. The van der Waals surface area contributed by atoms with Crippen LogP contribution in [0, 0.1) is 21.7 Å². The first-order valence-corrected chi connectivity index (χ1v) is 11.8. The van der Waals surface area contributed by atoms with Crippen molar-refractivity contribution in [2.75, 3.05) is 12.4 Å². The number of alkyl halides is 1. The maximum Gasteiger partial charge on any atom is 0.347 e. The molecule has 36 heavy (non-hydrogen) atoms. The van der Waals surface area contributed by atoms with Crippen molar-refractivity contribution >= 4 is 38.5 Å². The number of benzene rings is 2. The van der Waals surface area contributed by atoms with Gasteiger partial charge in [0.25, 0.3) is 5.69 Å². The summed E-state index contributed by atoms with van der Waals surface area (Å²) >= 11 is 3.30. The number of esters is 1. The number of carbonyl (C=O) groups is 1. The Morgan fingerprint density at radius 3 is 2.36 bits per heavy atom. The van der Waals surface area contributed by atoms with E-state index >= 15 is 0 Å². The van der Waals surface area contributed by atoms with Crippen molar-refractivity contribution in [1.29, 1.82) is 0 Å². The molecule has 192 valence electrons. The van der Waals surface area contributed by atoms with Gasteiger partial charge in [0, 0.05) is 29.4 Å². The van der Waals surface area contributed by atoms with Crippen LogP contribution in [0.4, 0.5) is 14.5 Å². The van der Waals surface area contributed by atoms with Crippen LogP contribution in [0.25, 0.3) is 10.9 Å². The predicted molar refractivity (Wildman–Crippen MR) is 130 cm³/mol. The number of pyridine rings is 1. The molecule has 0 spiro atoms. The van der Waals surface area contributed by atoms with Gasteiger partial charge in [-0.1, -0.05) is 15.9 Å². The van der Waals surface area contributed by atoms with Crippen LogP contribution in [0.1, 0.15) is 27.2 Å². The summed E-state index contributed by atoms with van der Waals surface area (Å²) in [5, 5.41) is 11.6. The topological polar surface area (TPSA) is 110 Å². The lowest BCUT2D eigenvalue weighted by atomic mass is 10.1. The Hall–Kier alpha value is -3.54. The zero-order valence-corrected chi connectivity index (χ0v) is 21.4. The van der Waals surface area contributed by atoms with E-state index < -0.39 is 45.7 Å². The molecule has 9 nitrogen and oxygen atoms in total. The summed E-state index contributed by atoms with van der Waals surface area (Å²) in [6.45, 7) is 5.20. The average Bonchev–Trinajstić information content (AvgIpc) is 2.79. The molecule has 0 fully saturated rings. The number of aromatic nitrogens is 1. The molecule has 12 heteroatoms. The Balaban J connectivity index is 2.04. The van der Waals surface area contributed by atoms with Gasteiger partial charge in [0.05, 0.1) is 29.7 Å². The summed E-state index contributed by atoms with van der Waals surface area (Å²) < 4.78 is 51.2. The molecule has 1 heterocycles. The highest BCUT2D eigenvalue weighted by Crippen LogP contribution is 2.39. The number of fused-ring (bicyclic) bond motifs is 1. The third kappa shape index (κ3) is 6.36. The molecular formula is C24H23BrF2N2O7. The molecule has 1 atom stereocenters. The van der Waals surface area contributed by atoms with Gasteiger partial charge in [-0.05, 0) is 32.9 Å². The van der Waals surface area contributed by atoms with Crippen molar-refractivity contribution < 1.29 is 37.4 Å². The number of hydrogen-bond donors (Lipinski definition) is 0. The molecule has 1 unspecified atom stereocenters. The molecule has 2 aromatic carbocycles. The Bertz CT molecular complexity index is 1270. The summed E-state index contributed by atoms with van der Waals surface area (Å²) in [6, 6.07) is 5.46. The second kappa shape index (κ2) is 11.0. The highest BCUT2D eigenvalue weighted by atomic mass is 79.9. The van der Waals surface area contributed by atoms with E-state index in [1.165, 1.54) is 31.5 Å². The van der Waals surface area contributed by atoms with Gasteiger partial charge >= 0.3 is 5.97 Å². The molecule has 1 aromatic heterocycles. The minimum Gasteiger partial charge on any atom is -0.493 e. The maximum atomic E-state index is 14.5. The number of non-ortho nitro benzene ring substituents is 1. The third-order valence-corrected chi connectivity index (χ3v) is 5.16. The summed E-state index contributed by atoms with van der Waals surface area (Å²) in [5.41, 5.74) is -1.14. The minimum atomic E-state index is -1.25. The van der Waals surface area contributed by atoms with Gasteiger partial charge in [-0.15, -0.1) is 0 Å². The van der Waals surface area contributed by atoms with Gasteiger partial charge in [0.1, 0.15) is 11.4 Å². The van der Waals surface area contributed by atoms with Crippen LogP contribution in [0.15, 0.2) is 36.5 Å². The summed E-state index contributed by atoms with van der Waals surface area (Å²) in [4.78, 5) is 26.9. The first kappa shape index (κ1) is 27.1. The van der Waals surface area contributed by atoms with E-state index in [-0.39, 0.29) is 29.1 Å². The van der Waals surface area contributed by atoms with E-state index in [0.29, 0.717) is 23.0 Å². The minimum absolute atomic E-state index is 0.00605. The fourth-order valence-corrected chi connectivity index (χ4v) is 3.59. The van der Waals surface area contributed by atoms with Gasteiger partial charge in [-0.2, -0.15) is 0 Å². The maximum absolute atomic E-state index is 14.5. The fraction of sp³-hybridized carbons (Fsp3) is 0.333. The quantitative estimate of drug-likeness (QED) is 0.132. The van der Waals surface area contributed by atoms with E-state index in [2.05, 4.69) is 20.9 Å². The van der Waals surface area contributed by atoms with Gasteiger partial charge in [0.2, 0.25) is 0 Å². The first-order valence-electron chi connectivity index (χ1n) is 10.7. The molecular weight excluding hydrogens is 546 g/mol. The number of carbonyl (C=O) groups excluding carboxylic acids is 1. The summed E-state index contributed by atoms with van der Waals surface area (Å²) in [7, 11) is 1.41. The Morgan fingerprint density at radius 2 is 1.81 bits per heavy atom. The highest BCUT2D eigenvalue weighted by Gasteiger charge is 2.28. The number of nitrogens with zero attached hydrogens (tertiary/aromatic N) is 2. The molecule has 0 aliphatic rings. The molecule has 3 rings (SSSR count). The number of ether oxygens (including phenoxy) is 4. The van der Waals surface area contributed by atoms with Crippen LogP contribution < -0.4 is 14.2 Å². The van der Waals surface area contributed by atoms with E-state index in [1.54, 1.807) is 20.8 Å². The van der Waals surface area contributed by atoms with Crippen molar-refractivity contribution in [2.45, 2.75) is 38.9 Å². The van der Waals surface area contributed by atoms with Crippen molar-refractivity contribution in [3.63, 3.8) is 0 Å². The van der Waals surface area contributed by atoms with Gasteiger partial charge in [-0.25, -0.2) is 13.6 Å². The smallest absolute Gasteiger partial charge is 0.347 e. The average molecular weight is 569 g/mol. The van der Waals surface area contributed by atoms with E-state index in [1.807, 2.05) is 0 Å². The van der Waals surface area contributed by atoms with Crippen LogP contribution in [-0.4, -0.2) is 40.0 Å². The molecule has 0 N–H and O–H groups in total. The van der Waals surface area contributed by atoms with Gasteiger partial charge in [-0.3, -0.25) is 15.1 Å². The monoisotopic (exact) mass is 568 g/mol. The lowest BCUT2D eigenvalue weighted by Gasteiger charge is -2.25. The molecule has 0 bridgehead atoms. The normalized spacial score (nSPS) is 12.2. The Kier molecular flexibility index (Phi) is 8.28. The summed E-state index contributed by atoms with van der Waals surface area (Å²) in [6.07, 6.45) is 0.652. The molecule has 0 radical (unpaired) electrons. The van der Waals surface area contributed by atoms with Crippen molar-refractivity contribution in [1.82, 2.24) is 4.98 Å². The second-order valence-corrected chi connectivity index (χ2v) is 9.34. The van der Waals surface area contributed by atoms with E-state index in [0.717, 1.165) is 0 Å². The largest absolute Gasteiger partial charge is 0.493 e. The van der Waals surface area contributed by atoms with Crippen LogP contribution in [-0.2, 0) is 9.53 Å². The number of nitro benzene ring substituents is 1. The van der Waals surface area contributed by atoms with Gasteiger partial charge in [0.15, 0.2) is 35.0 Å². The molecule has 3 aromatic rings. The molecule has 0 saturated carbocycles. The van der Waals surface area contributed by atoms with Crippen LogP contribution in [0.2, 0.25) is 0 Å². The second-order valence-electron chi connectivity index (χ2n) is 8.54. The molecule has 0 saturated heterocycles. The zero-order valence-electron chi connectivity index (χ0n) is 19.8. The number of rotatable bonds is 9. The third-order valence-electron chi connectivity index (χ3n) is 4.70. The van der Waals surface area contributed by atoms with Crippen LogP contribution in [0.5, 0.6) is 23.0 Å². The van der Waals surface area contributed by atoms with E-state index in [9.17, 15) is 23.7 Å². The zero-order chi connectivity index (χ0) is 26.6. The lowest BCUT2D eigenvalue weighted by Crippen LogP contribution is -2.35. The standard InChI is InChI=1S/C24H23BrF2N2O7/c1-24(2,3)36-23(30)19(5-7-25)34-21-11-14-17(12-20(21)33-4)28-8-6-18(14)35-22-15(26)9-13(29(31)32)10-16(22)27/h6,8-12,19H,5,7H2,1-4H3. The lowest BCUT2D eigenvalue weighted by molar-refractivity contribution is -0.385. The van der Waals surface area contributed by atoms with Crippen molar-refractivity contribution in [3.05, 3.63) is 58.3 Å².